The first kappa shape index (κ1) is 19.0. The number of amides is 1. The van der Waals surface area contributed by atoms with Crippen molar-refractivity contribution in [2.24, 2.45) is 7.05 Å². The van der Waals surface area contributed by atoms with Crippen molar-refractivity contribution < 1.29 is 14.1 Å². The molecule has 0 bridgehead atoms. The van der Waals surface area contributed by atoms with E-state index in [0.717, 1.165) is 16.7 Å². The summed E-state index contributed by atoms with van der Waals surface area (Å²) >= 11 is 0. The molecule has 1 aromatic carbocycles. The van der Waals surface area contributed by atoms with Gasteiger partial charge in [0.2, 0.25) is 5.88 Å². The van der Waals surface area contributed by atoms with Crippen LogP contribution in [0.2, 0.25) is 0 Å². The minimum Gasteiger partial charge on any atom is -0.481 e. The molecule has 1 unspecified atom stereocenters. The molecule has 0 fully saturated rings. The minimum atomic E-state index is -0.167. The lowest BCUT2D eigenvalue weighted by Gasteiger charge is -2.34. The van der Waals surface area contributed by atoms with Crippen molar-refractivity contribution in [3.05, 3.63) is 83.4 Å². The number of ether oxygens (including phenoxy) is 1. The molecule has 0 saturated heterocycles. The summed E-state index contributed by atoms with van der Waals surface area (Å²) < 4.78 is 12.3. The van der Waals surface area contributed by atoms with E-state index in [-0.39, 0.29) is 17.5 Å². The van der Waals surface area contributed by atoms with Crippen molar-refractivity contribution in [2.75, 3.05) is 13.7 Å². The third kappa shape index (κ3) is 3.56. The van der Waals surface area contributed by atoms with Gasteiger partial charge in [-0.3, -0.25) is 9.48 Å². The fraction of sp³-hybridized carbons (Fsp3) is 0.217. The lowest BCUT2D eigenvalue weighted by Crippen LogP contribution is -2.38. The van der Waals surface area contributed by atoms with Crippen LogP contribution < -0.4 is 4.74 Å². The molecule has 8 nitrogen and oxygen atoms in total. The normalized spacial score (nSPS) is 15.5. The first-order valence-corrected chi connectivity index (χ1v) is 9.95. The number of methoxy groups -OCH3 is 1. The van der Waals surface area contributed by atoms with Gasteiger partial charge in [0.05, 0.1) is 13.3 Å². The number of carbonyl (C=O) groups excluding carboxylic acids is 1. The number of rotatable bonds is 4. The molecule has 0 spiro atoms. The summed E-state index contributed by atoms with van der Waals surface area (Å²) in [4.78, 5) is 19.3. The van der Waals surface area contributed by atoms with Crippen LogP contribution in [0.4, 0.5) is 0 Å². The van der Waals surface area contributed by atoms with E-state index in [4.69, 9.17) is 9.26 Å². The predicted octanol–water partition coefficient (Wildman–Crippen LogP) is 3.27. The monoisotopic (exact) mass is 415 g/mol. The largest absolute Gasteiger partial charge is 0.481 e. The van der Waals surface area contributed by atoms with Gasteiger partial charge in [-0.2, -0.15) is 5.10 Å². The van der Waals surface area contributed by atoms with Gasteiger partial charge in [0, 0.05) is 56.1 Å². The molecule has 1 aliphatic heterocycles. The fourth-order valence-electron chi connectivity index (χ4n) is 3.99. The number of aryl methyl sites for hydroxylation is 1. The number of pyridine rings is 1. The van der Waals surface area contributed by atoms with Gasteiger partial charge < -0.3 is 14.2 Å². The van der Waals surface area contributed by atoms with Gasteiger partial charge in [0.15, 0.2) is 11.5 Å². The molecule has 31 heavy (non-hydrogen) atoms. The highest BCUT2D eigenvalue weighted by atomic mass is 16.5. The number of carbonyl (C=O) groups is 1. The van der Waals surface area contributed by atoms with Gasteiger partial charge in [0.1, 0.15) is 0 Å². The SMILES string of the molecule is COc1ccc(-c2cc(C(=O)N3Cc4ccccc4C(c4cnn(C)c4)C3)no2)cn1. The molecule has 8 heteroatoms. The second kappa shape index (κ2) is 7.71. The first-order valence-electron chi connectivity index (χ1n) is 9.95. The van der Waals surface area contributed by atoms with Crippen LogP contribution in [-0.4, -0.2) is 44.4 Å². The van der Waals surface area contributed by atoms with Gasteiger partial charge in [-0.15, -0.1) is 0 Å². The molecule has 156 valence electrons. The quantitative estimate of drug-likeness (QED) is 0.509. The highest BCUT2D eigenvalue weighted by Crippen LogP contribution is 2.34. The lowest BCUT2D eigenvalue weighted by molar-refractivity contribution is 0.0714. The fourth-order valence-corrected chi connectivity index (χ4v) is 3.99. The summed E-state index contributed by atoms with van der Waals surface area (Å²) in [6.07, 6.45) is 5.49. The average molecular weight is 415 g/mol. The molecule has 3 aromatic heterocycles. The van der Waals surface area contributed by atoms with Crippen LogP contribution in [0.1, 0.15) is 33.1 Å². The Labute approximate surface area is 179 Å². The molecule has 5 rings (SSSR count). The summed E-state index contributed by atoms with van der Waals surface area (Å²) in [7, 11) is 3.45. The molecule has 1 atom stereocenters. The number of hydrogen-bond donors (Lipinski definition) is 0. The molecule has 1 aliphatic rings. The Hall–Kier alpha value is -3.94. The third-order valence-electron chi connectivity index (χ3n) is 5.57. The van der Waals surface area contributed by atoms with Crippen molar-refractivity contribution in [2.45, 2.75) is 12.5 Å². The van der Waals surface area contributed by atoms with E-state index in [0.29, 0.717) is 24.7 Å². The van der Waals surface area contributed by atoms with Crippen molar-refractivity contribution in [1.82, 2.24) is 24.8 Å². The van der Waals surface area contributed by atoms with Crippen LogP contribution in [0.5, 0.6) is 5.88 Å². The first-order chi connectivity index (χ1) is 15.1. The number of fused-ring (bicyclic) bond motifs is 1. The van der Waals surface area contributed by atoms with E-state index in [9.17, 15) is 4.79 Å². The molecule has 1 amide bonds. The Kier molecular flexibility index (Phi) is 4.74. The Morgan fingerprint density at radius 1 is 1.19 bits per heavy atom. The predicted molar refractivity (Wildman–Crippen MR) is 113 cm³/mol. The van der Waals surface area contributed by atoms with Gasteiger partial charge in [-0.1, -0.05) is 29.4 Å². The Morgan fingerprint density at radius 3 is 2.81 bits per heavy atom. The topological polar surface area (TPSA) is 86.3 Å². The second-order valence-electron chi connectivity index (χ2n) is 7.55. The van der Waals surface area contributed by atoms with Crippen molar-refractivity contribution in [3.8, 4) is 17.2 Å². The van der Waals surface area contributed by atoms with Crippen LogP contribution in [-0.2, 0) is 13.6 Å². The molecule has 0 radical (unpaired) electrons. The number of benzene rings is 1. The van der Waals surface area contributed by atoms with Gasteiger partial charge in [0.25, 0.3) is 5.91 Å². The zero-order valence-corrected chi connectivity index (χ0v) is 17.2. The van der Waals surface area contributed by atoms with E-state index in [1.54, 1.807) is 30.1 Å². The molecular formula is C23H21N5O3. The molecule has 0 saturated carbocycles. The smallest absolute Gasteiger partial charge is 0.276 e. The van der Waals surface area contributed by atoms with E-state index in [1.165, 1.54) is 5.56 Å². The van der Waals surface area contributed by atoms with Crippen LogP contribution in [0.15, 0.2) is 65.6 Å². The molecule has 4 aromatic rings. The van der Waals surface area contributed by atoms with Gasteiger partial charge in [-0.05, 0) is 22.8 Å². The zero-order valence-electron chi connectivity index (χ0n) is 17.2. The van der Waals surface area contributed by atoms with Crippen molar-refractivity contribution >= 4 is 5.91 Å². The van der Waals surface area contributed by atoms with E-state index >= 15 is 0 Å². The highest BCUT2D eigenvalue weighted by molar-refractivity contribution is 5.93. The van der Waals surface area contributed by atoms with Crippen molar-refractivity contribution in [3.63, 3.8) is 0 Å². The standard InChI is InChI=1S/C23H21N5O3/c1-27-12-17(11-25-27)19-14-28(13-16-5-3-4-6-18(16)19)23(29)20-9-21(31-26-20)15-7-8-22(30-2)24-10-15/h3-12,19H,13-14H2,1-2H3. The molecule has 4 heterocycles. The minimum absolute atomic E-state index is 0.0553. The van der Waals surface area contributed by atoms with Gasteiger partial charge >= 0.3 is 0 Å². The molecule has 0 N–H and O–H groups in total. The van der Waals surface area contributed by atoms with Crippen LogP contribution >= 0.6 is 0 Å². The Balaban J connectivity index is 1.42. The summed E-state index contributed by atoms with van der Waals surface area (Å²) in [6.45, 7) is 1.08. The summed E-state index contributed by atoms with van der Waals surface area (Å²) in [5.74, 6) is 0.882. The number of hydrogen-bond acceptors (Lipinski definition) is 6. The van der Waals surface area contributed by atoms with Crippen molar-refractivity contribution in [1.29, 1.82) is 0 Å². The van der Waals surface area contributed by atoms with Gasteiger partial charge in [-0.25, -0.2) is 4.98 Å². The lowest BCUT2D eigenvalue weighted by atomic mass is 9.86. The van der Waals surface area contributed by atoms with E-state index in [2.05, 4.69) is 27.4 Å². The second-order valence-corrected chi connectivity index (χ2v) is 7.55. The van der Waals surface area contributed by atoms with E-state index in [1.807, 2.05) is 42.5 Å². The maximum atomic E-state index is 13.3. The summed E-state index contributed by atoms with van der Waals surface area (Å²) in [5, 5.41) is 8.34. The zero-order chi connectivity index (χ0) is 21.4. The maximum Gasteiger partial charge on any atom is 0.276 e. The number of nitrogens with zero attached hydrogens (tertiary/aromatic N) is 5. The summed E-state index contributed by atoms with van der Waals surface area (Å²) in [6, 6.07) is 13.4. The van der Waals surface area contributed by atoms with Crippen LogP contribution in [0.3, 0.4) is 0 Å². The third-order valence-corrected chi connectivity index (χ3v) is 5.57. The van der Waals surface area contributed by atoms with E-state index < -0.39 is 0 Å². The number of aromatic nitrogens is 4. The van der Waals surface area contributed by atoms with Crippen LogP contribution in [0.25, 0.3) is 11.3 Å². The Bertz CT molecular complexity index is 1230. The summed E-state index contributed by atoms with van der Waals surface area (Å²) in [5.41, 5.74) is 4.43. The average Bonchev–Trinajstić information content (AvgIpc) is 3.47. The highest BCUT2D eigenvalue weighted by Gasteiger charge is 2.31. The Morgan fingerprint density at radius 2 is 2.06 bits per heavy atom. The molecular weight excluding hydrogens is 394 g/mol. The maximum absolute atomic E-state index is 13.3. The molecule has 0 aliphatic carbocycles. The van der Waals surface area contributed by atoms with Crippen LogP contribution in [0, 0.1) is 0 Å².